The van der Waals surface area contributed by atoms with E-state index in [2.05, 4.69) is 21.0 Å². The van der Waals surface area contributed by atoms with E-state index in [9.17, 15) is 18.4 Å². The van der Waals surface area contributed by atoms with Gasteiger partial charge in [0.05, 0.1) is 5.69 Å². The molecule has 0 aliphatic carbocycles. The molecule has 1 aromatic heterocycles. The molecule has 1 unspecified atom stereocenters. The lowest BCUT2D eigenvalue weighted by Gasteiger charge is -2.43. The van der Waals surface area contributed by atoms with Crippen LogP contribution in [0.25, 0.3) is 5.69 Å². The molecule has 2 aromatic rings. The normalized spacial score (nSPS) is 19.3. The van der Waals surface area contributed by atoms with Crippen molar-refractivity contribution in [3.63, 3.8) is 0 Å². The number of aromatic nitrogens is 2. The van der Waals surface area contributed by atoms with Crippen molar-refractivity contribution in [2.24, 2.45) is 0 Å². The second-order valence-electron chi connectivity index (χ2n) is 5.21. The van der Waals surface area contributed by atoms with E-state index >= 15 is 4.39 Å². The van der Waals surface area contributed by atoms with E-state index in [4.69, 9.17) is 0 Å². The summed E-state index contributed by atoms with van der Waals surface area (Å²) in [6.07, 6.45) is -3.55. The lowest BCUT2D eigenvalue weighted by molar-refractivity contribution is -0.236. The first-order valence-electron chi connectivity index (χ1n) is 7.07. The van der Waals surface area contributed by atoms with Crippen LogP contribution in [0.4, 0.5) is 23.4 Å². The third kappa shape index (κ3) is 2.44. The number of nitriles is 1. The summed E-state index contributed by atoms with van der Waals surface area (Å²) in [4.78, 5) is 0.565. The van der Waals surface area contributed by atoms with Crippen molar-refractivity contribution in [3.8, 4) is 11.8 Å². The Bertz CT molecular complexity index is 860. The number of para-hydroxylation sites is 1. The second-order valence-corrected chi connectivity index (χ2v) is 6.80. The highest BCUT2D eigenvalue weighted by Crippen LogP contribution is 2.53. The molecule has 3 rings (SSSR count). The fourth-order valence-corrected chi connectivity index (χ4v) is 3.79. The number of hydrogen-bond acceptors (Lipinski definition) is 4. The molecule has 0 saturated carbocycles. The third-order valence-corrected chi connectivity index (χ3v) is 4.96. The molecular formula is C15H11BrF4N4S. The average molecular weight is 435 g/mol. The Kier molecular flexibility index (Phi) is 4.49. The third-order valence-electron chi connectivity index (χ3n) is 3.93. The van der Waals surface area contributed by atoms with Crippen molar-refractivity contribution in [1.82, 2.24) is 9.78 Å². The molecule has 0 bridgehead atoms. The van der Waals surface area contributed by atoms with Gasteiger partial charge < -0.3 is 4.90 Å². The predicted molar refractivity (Wildman–Crippen MR) is 90.0 cm³/mol. The summed E-state index contributed by atoms with van der Waals surface area (Å²) < 4.78 is 58.4. The molecule has 0 spiro atoms. The van der Waals surface area contributed by atoms with Crippen LogP contribution in [0, 0.1) is 11.3 Å². The number of anilines is 1. The molecule has 1 aliphatic heterocycles. The SMILES string of the molecule is CSc1nn2c(c1C#N)N(CCBr)C(F)(C(F)(F)F)c1ccccc1-2. The number of nitrogens with zero attached hydrogens (tertiary/aromatic N) is 4. The summed E-state index contributed by atoms with van der Waals surface area (Å²) >= 11 is 4.19. The van der Waals surface area contributed by atoms with E-state index in [1.165, 1.54) is 22.9 Å². The van der Waals surface area contributed by atoms with Gasteiger partial charge >= 0.3 is 12.0 Å². The molecule has 2 heterocycles. The molecule has 132 valence electrons. The maximum Gasteiger partial charge on any atom is 0.446 e. The van der Waals surface area contributed by atoms with Gasteiger partial charge in [-0.25, -0.2) is 9.07 Å². The zero-order chi connectivity index (χ0) is 18.4. The zero-order valence-corrected chi connectivity index (χ0v) is 15.2. The number of alkyl halides is 5. The molecule has 1 atom stereocenters. The van der Waals surface area contributed by atoms with Crippen molar-refractivity contribution in [2.75, 3.05) is 23.0 Å². The molecular weight excluding hydrogens is 424 g/mol. The number of rotatable bonds is 3. The maximum atomic E-state index is 15.7. The van der Waals surface area contributed by atoms with Crippen LogP contribution in [0.5, 0.6) is 0 Å². The first kappa shape index (κ1) is 18.1. The predicted octanol–water partition coefficient (Wildman–Crippen LogP) is 4.37. The van der Waals surface area contributed by atoms with Gasteiger partial charge in [0.15, 0.2) is 5.82 Å². The summed E-state index contributed by atoms with van der Waals surface area (Å²) in [5.74, 6) is -3.95. The molecule has 0 N–H and O–H groups in total. The minimum atomic E-state index is -5.20. The van der Waals surface area contributed by atoms with E-state index in [1.807, 2.05) is 6.07 Å². The Balaban J connectivity index is 2.44. The first-order valence-corrected chi connectivity index (χ1v) is 9.42. The van der Waals surface area contributed by atoms with Crippen LogP contribution < -0.4 is 4.90 Å². The van der Waals surface area contributed by atoms with Crippen LogP contribution in [0.3, 0.4) is 0 Å². The van der Waals surface area contributed by atoms with Crippen LogP contribution in [0.2, 0.25) is 0 Å². The summed E-state index contributed by atoms with van der Waals surface area (Å²) in [6, 6.07) is 7.18. The maximum absolute atomic E-state index is 15.7. The Morgan fingerprint density at radius 2 is 2.04 bits per heavy atom. The van der Waals surface area contributed by atoms with Gasteiger partial charge in [0.25, 0.3) is 0 Å². The highest BCUT2D eigenvalue weighted by molar-refractivity contribution is 9.09. The van der Waals surface area contributed by atoms with E-state index in [0.717, 1.165) is 17.8 Å². The summed E-state index contributed by atoms with van der Waals surface area (Å²) in [5.41, 5.74) is -0.648. The second kappa shape index (κ2) is 6.21. The topological polar surface area (TPSA) is 44.9 Å². The Hall–Kier alpha value is -1.73. The van der Waals surface area contributed by atoms with Gasteiger partial charge in [0.2, 0.25) is 0 Å². The number of fused-ring (bicyclic) bond motifs is 3. The van der Waals surface area contributed by atoms with Crippen LogP contribution >= 0.6 is 27.7 Å². The minimum absolute atomic E-state index is 0.0278. The zero-order valence-electron chi connectivity index (χ0n) is 12.8. The number of thioether (sulfide) groups is 1. The lowest BCUT2D eigenvalue weighted by Crippen LogP contribution is -2.57. The van der Waals surface area contributed by atoms with Gasteiger partial charge in [0.1, 0.15) is 16.7 Å². The monoisotopic (exact) mass is 434 g/mol. The van der Waals surface area contributed by atoms with E-state index in [0.29, 0.717) is 4.90 Å². The van der Waals surface area contributed by atoms with Crippen LogP contribution in [-0.2, 0) is 5.79 Å². The molecule has 10 heteroatoms. The number of hydrogen-bond donors (Lipinski definition) is 0. The average Bonchev–Trinajstić information content (AvgIpc) is 2.96. The molecule has 0 saturated heterocycles. The van der Waals surface area contributed by atoms with Gasteiger partial charge in [0, 0.05) is 17.4 Å². The van der Waals surface area contributed by atoms with Crippen molar-refractivity contribution in [1.29, 1.82) is 5.26 Å². The Labute approximate surface area is 153 Å². The molecule has 1 aliphatic rings. The lowest BCUT2D eigenvalue weighted by atomic mass is 9.96. The van der Waals surface area contributed by atoms with E-state index < -0.39 is 17.5 Å². The largest absolute Gasteiger partial charge is 0.446 e. The summed E-state index contributed by atoms with van der Waals surface area (Å²) in [5, 5.41) is 14.0. The van der Waals surface area contributed by atoms with Crippen molar-refractivity contribution in [2.45, 2.75) is 17.0 Å². The van der Waals surface area contributed by atoms with Crippen molar-refractivity contribution >= 4 is 33.5 Å². The Morgan fingerprint density at radius 1 is 1.36 bits per heavy atom. The smallest absolute Gasteiger partial charge is 0.311 e. The van der Waals surface area contributed by atoms with E-state index in [-0.39, 0.29) is 34.0 Å². The van der Waals surface area contributed by atoms with Crippen LogP contribution in [-0.4, -0.2) is 34.1 Å². The number of halogens is 5. The van der Waals surface area contributed by atoms with Gasteiger partial charge in [-0.1, -0.05) is 34.1 Å². The quantitative estimate of drug-likeness (QED) is 0.311. The Morgan fingerprint density at radius 3 is 2.60 bits per heavy atom. The van der Waals surface area contributed by atoms with Crippen LogP contribution in [0.15, 0.2) is 29.3 Å². The molecule has 4 nitrogen and oxygen atoms in total. The fourth-order valence-electron chi connectivity index (χ4n) is 2.93. The van der Waals surface area contributed by atoms with Gasteiger partial charge in [-0.05, 0) is 12.3 Å². The molecule has 0 radical (unpaired) electrons. The van der Waals surface area contributed by atoms with Gasteiger partial charge in [-0.2, -0.15) is 23.5 Å². The minimum Gasteiger partial charge on any atom is -0.311 e. The summed E-state index contributed by atoms with van der Waals surface area (Å²) in [7, 11) is 0. The number of benzene rings is 1. The molecule has 25 heavy (non-hydrogen) atoms. The van der Waals surface area contributed by atoms with Crippen LogP contribution in [0.1, 0.15) is 11.1 Å². The van der Waals surface area contributed by atoms with Gasteiger partial charge in [-0.3, -0.25) is 0 Å². The fraction of sp³-hybridized carbons (Fsp3) is 0.333. The molecule has 1 aromatic carbocycles. The first-order chi connectivity index (χ1) is 11.8. The highest BCUT2D eigenvalue weighted by atomic mass is 79.9. The highest BCUT2D eigenvalue weighted by Gasteiger charge is 2.65. The van der Waals surface area contributed by atoms with E-state index in [1.54, 1.807) is 6.26 Å². The molecule has 0 amide bonds. The van der Waals surface area contributed by atoms with Gasteiger partial charge in [-0.15, -0.1) is 11.8 Å². The summed E-state index contributed by atoms with van der Waals surface area (Å²) in [6.45, 7) is -0.293. The van der Waals surface area contributed by atoms with Crippen molar-refractivity contribution < 1.29 is 17.6 Å². The molecule has 0 fully saturated rings. The van der Waals surface area contributed by atoms with Crippen molar-refractivity contribution in [3.05, 3.63) is 35.4 Å². The standard InChI is InChI=1S/C15H11BrF4N4S/c1-25-12-9(8-21)13-23(7-6-16)14(17,15(18,19)20)10-4-2-3-5-11(10)24(13)22-12/h2-5H,6-7H2,1H3.